The average Bonchev–Trinajstić information content (AvgIpc) is 2.53. The number of halogens is 3. The predicted octanol–water partition coefficient (Wildman–Crippen LogP) is 4.55. The van der Waals surface area contributed by atoms with Crippen LogP contribution in [-0.4, -0.2) is 12.5 Å². The molecule has 2 rings (SSSR count). The second-order valence-corrected chi connectivity index (χ2v) is 5.65. The van der Waals surface area contributed by atoms with Crippen LogP contribution in [-0.2, 0) is 0 Å². The van der Waals surface area contributed by atoms with Gasteiger partial charge in [0.1, 0.15) is 11.6 Å². The summed E-state index contributed by atoms with van der Waals surface area (Å²) in [6.07, 6.45) is 0. The van der Waals surface area contributed by atoms with Crippen LogP contribution < -0.4 is 10.1 Å². The van der Waals surface area contributed by atoms with Crippen molar-refractivity contribution < 1.29 is 22.7 Å². The Hall–Kier alpha value is -2.50. The summed E-state index contributed by atoms with van der Waals surface area (Å²) in [6.45, 7) is 0.890. The number of ether oxygens (including phenoxy) is 1. The fourth-order valence-electron chi connectivity index (χ4n) is 2.34. The molecule has 3 nitrogen and oxygen atoms in total. The standard InChI is InChI=1S/C18H18F3NO2/c1-11(2)16(12-6-8-14(19)9-7-12)22-17(23)13-4-3-5-15(10-13)24-18(20)21/h3-11,16,18H,1-2H3,(H,22,23)/t16-/m0/s1. The molecule has 2 aromatic carbocycles. The summed E-state index contributed by atoms with van der Waals surface area (Å²) in [5.41, 5.74) is 0.973. The molecule has 0 aliphatic carbocycles. The van der Waals surface area contributed by atoms with Crippen molar-refractivity contribution in [3.05, 3.63) is 65.5 Å². The Morgan fingerprint density at radius 2 is 1.75 bits per heavy atom. The lowest BCUT2D eigenvalue weighted by Crippen LogP contribution is -2.31. The maximum atomic E-state index is 13.1. The third-order valence-electron chi connectivity index (χ3n) is 3.50. The van der Waals surface area contributed by atoms with E-state index in [0.29, 0.717) is 0 Å². The molecule has 0 aromatic heterocycles. The summed E-state index contributed by atoms with van der Waals surface area (Å²) < 4.78 is 41.9. The van der Waals surface area contributed by atoms with Crippen LogP contribution in [0.4, 0.5) is 13.2 Å². The lowest BCUT2D eigenvalue weighted by Gasteiger charge is -2.23. The van der Waals surface area contributed by atoms with Gasteiger partial charge in [0.25, 0.3) is 5.91 Å². The molecule has 0 fully saturated rings. The summed E-state index contributed by atoms with van der Waals surface area (Å²) in [5, 5.41) is 2.84. The normalized spacial score (nSPS) is 12.3. The molecule has 0 heterocycles. The zero-order chi connectivity index (χ0) is 17.7. The molecule has 1 amide bonds. The average molecular weight is 337 g/mol. The van der Waals surface area contributed by atoms with E-state index in [1.165, 1.54) is 36.4 Å². The van der Waals surface area contributed by atoms with Crippen molar-refractivity contribution in [2.75, 3.05) is 0 Å². The van der Waals surface area contributed by atoms with E-state index in [-0.39, 0.29) is 29.1 Å². The molecule has 0 saturated carbocycles. The fraction of sp³-hybridized carbons (Fsp3) is 0.278. The van der Waals surface area contributed by atoms with E-state index in [9.17, 15) is 18.0 Å². The molecule has 6 heteroatoms. The maximum Gasteiger partial charge on any atom is 0.387 e. The van der Waals surface area contributed by atoms with Gasteiger partial charge in [-0.15, -0.1) is 0 Å². The number of nitrogens with one attached hydrogen (secondary N) is 1. The SMILES string of the molecule is CC(C)[C@H](NC(=O)c1cccc(OC(F)F)c1)c1ccc(F)cc1. The molecule has 24 heavy (non-hydrogen) atoms. The first kappa shape index (κ1) is 17.8. The van der Waals surface area contributed by atoms with Crippen molar-refractivity contribution in [1.82, 2.24) is 5.32 Å². The summed E-state index contributed by atoms with van der Waals surface area (Å²) in [4.78, 5) is 12.4. The van der Waals surface area contributed by atoms with E-state index in [1.807, 2.05) is 13.8 Å². The van der Waals surface area contributed by atoms with Crippen molar-refractivity contribution >= 4 is 5.91 Å². The summed E-state index contributed by atoms with van der Waals surface area (Å²) in [7, 11) is 0. The van der Waals surface area contributed by atoms with Crippen molar-refractivity contribution in [3.63, 3.8) is 0 Å². The Bertz CT molecular complexity index is 687. The van der Waals surface area contributed by atoms with Crippen LogP contribution in [0, 0.1) is 11.7 Å². The van der Waals surface area contributed by atoms with E-state index < -0.39 is 12.5 Å². The molecular formula is C18H18F3NO2. The van der Waals surface area contributed by atoms with Gasteiger partial charge in [0.15, 0.2) is 0 Å². The van der Waals surface area contributed by atoms with Gasteiger partial charge in [-0.05, 0) is 41.8 Å². The van der Waals surface area contributed by atoms with Crippen LogP contribution in [0.2, 0.25) is 0 Å². The largest absolute Gasteiger partial charge is 0.435 e. The van der Waals surface area contributed by atoms with Crippen molar-refractivity contribution in [3.8, 4) is 5.75 Å². The van der Waals surface area contributed by atoms with Crippen LogP contribution in [0.25, 0.3) is 0 Å². The molecule has 0 saturated heterocycles. The van der Waals surface area contributed by atoms with E-state index in [4.69, 9.17) is 0 Å². The van der Waals surface area contributed by atoms with Gasteiger partial charge in [-0.25, -0.2) is 4.39 Å². The van der Waals surface area contributed by atoms with Gasteiger partial charge >= 0.3 is 6.61 Å². The van der Waals surface area contributed by atoms with Crippen LogP contribution >= 0.6 is 0 Å². The molecule has 1 N–H and O–H groups in total. The molecule has 0 spiro atoms. The van der Waals surface area contributed by atoms with E-state index in [0.717, 1.165) is 5.56 Å². The second-order valence-electron chi connectivity index (χ2n) is 5.65. The Kier molecular flexibility index (Phi) is 5.84. The van der Waals surface area contributed by atoms with Gasteiger partial charge in [-0.3, -0.25) is 4.79 Å². The zero-order valence-electron chi connectivity index (χ0n) is 13.3. The van der Waals surface area contributed by atoms with Crippen molar-refractivity contribution in [1.29, 1.82) is 0 Å². The number of carbonyl (C=O) groups excluding carboxylic acids is 1. The lowest BCUT2D eigenvalue weighted by atomic mass is 9.95. The van der Waals surface area contributed by atoms with Crippen molar-refractivity contribution in [2.45, 2.75) is 26.5 Å². The summed E-state index contributed by atoms with van der Waals surface area (Å²) >= 11 is 0. The Morgan fingerprint density at radius 3 is 2.33 bits per heavy atom. The number of carbonyl (C=O) groups is 1. The molecule has 128 valence electrons. The van der Waals surface area contributed by atoms with E-state index in [1.54, 1.807) is 12.1 Å². The number of alkyl halides is 2. The highest BCUT2D eigenvalue weighted by atomic mass is 19.3. The van der Waals surface area contributed by atoms with E-state index in [2.05, 4.69) is 10.1 Å². The van der Waals surface area contributed by atoms with E-state index >= 15 is 0 Å². The Balaban J connectivity index is 2.17. The zero-order valence-corrected chi connectivity index (χ0v) is 13.3. The van der Waals surface area contributed by atoms with Crippen LogP contribution in [0.1, 0.15) is 35.8 Å². The molecular weight excluding hydrogens is 319 g/mol. The Labute approximate surface area is 138 Å². The molecule has 2 aromatic rings. The molecule has 0 radical (unpaired) electrons. The summed E-state index contributed by atoms with van der Waals surface area (Å²) in [5.74, 6) is -0.803. The van der Waals surface area contributed by atoms with Gasteiger partial charge in [-0.1, -0.05) is 32.0 Å². The van der Waals surface area contributed by atoms with Gasteiger partial charge in [-0.2, -0.15) is 8.78 Å². The Morgan fingerprint density at radius 1 is 1.08 bits per heavy atom. The minimum absolute atomic E-state index is 0.0555. The molecule has 1 atom stereocenters. The van der Waals surface area contributed by atoms with Crippen LogP contribution in [0.3, 0.4) is 0 Å². The highest BCUT2D eigenvalue weighted by Crippen LogP contribution is 2.23. The van der Waals surface area contributed by atoms with Gasteiger partial charge in [0.05, 0.1) is 6.04 Å². The number of benzene rings is 2. The first-order valence-electron chi connectivity index (χ1n) is 7.48. The quantitative estimate of drug-likeness (QED) is 0.839. The molecule has 0 aliphatic heterocycles. The highest BCUT2D eigenvalue weighted by molar-refractivity contribution is 5.94. The molecule has 0 unspecified atom stereocenters. The highest BCUT2D eigenvalue weighted by Gasteiger charge is 2.19. The third kappa shape index (κ3) is 4.75. The first-order chi connectivity index (χ1) is 11.4. The lowest BCUT2D eigenvalue weighted by molar-refractivity contribution is -0.0498. The van der Waals surface area contributed by atoms with Crippen LogP contribution in [0.15, 0.2) is 48.5 Å². The number of hydrogen-bond donors (Lipinski definition) is 1. The monoisotopic (exact) mass is 337 g/mol. The molecule has 0 aliphatic rings. The van der Waals surface area contributed by atoms with Crippen LogP contribution in [0.5, 0.6) is 5.75 Å². The fourth-order valence-corrected chi connectivity index (χ4v) is 2.34. The van der Waals surface area contributed by atoms with Gasteiger partial charge in [0.2, 0.25) is 0 Å². The number of hydrogen-bond acceptors (Lipinski definition) is 2. The third-order valence-corrected chi connectivity index (χ3v) is 3.50. The topological polar surface area (TPSA) is 38.3 Å². The number of amides is 1. The van der Waals surface area contributed by atoms with Gasteiger partial charge in [0, 0.05) is 5.56 Å². The summed E-state index contributed by atoms with van der Waals surface area (Å²) in [6, 6.07) is 11.1. The van der Waals surface area contributed by atoms with Crippen molar-refractivity contribution in [2.24, 2.45) is 5.92 Å². The molecule has 0 bridgehead atoms. The first-order valence-corrected chi connectivity index (χ1v) is 7.48. The minimum atomic E-state index is -2.95. The predicted molar refractivity (Wildman–Crippen MR) is 84.5 cm³/mol. The smallest absolute Gasteiger partial charge is 0.387 e. The maximum absolute atomic E-state index is 13.1. The van der Waals surface area contributed by atoms with Gasteiger partial charge < -0.3 is 10.1 Å². The second kappa shape index (κ2) is 7.86. The number of rotatable bonds is 6. The minimum Gasteiger partial charge on any atom is -0.435 e.